The van der Waals surface area contributed by atoms with Crippen LogP contribution in [0.15, 0.2) is 0 Å². The fraction of sp³-hybridized carbons (Fsp3) is 0.444. The lowest BCUT2D eigenvalue weighted by Gasteiger charge is -1.99. The molecule has 4 heteroatoms. The normalized spacial score (nSPS) is 20.3. The minimum absolute atomic E-state index is 0.261. The third-order valence-corrected chi connectivity index (χ3v) is 2.56. The molecule has 0 aliphatic heterocycles. The van der Waals surface area contributed by atoms with Gasteiger partial charge in [0.25, 0.3) is 0 Å². The highest BCUT2D eigenvalue weighted by atomic mass is 16.4. The van der Waals surface area contributed by atoms with Gasteiger partial charge in [-0.25, -0.2) is 4.79 Å². The molecule has 1 aromatic rings. The van der Waals surface area contributed by atoms with Gasteiger partial charge in [-0.3, -0.25) is 0 Å². The van der Waals surface area contributed by atoms with Crippen molar-refractivity contribution in [3.63, 3.8) is 0 Å². The summed E-state index contributed by atoms with van der Waals surface area (Å²) in [5.41, 5.74) is 2.88. The van der Waals surface area contributed by atoms with E-state index in [4.69, 9.17) is 5.11 Å². The first-order valence-corrected chi connectivity index (χ1v) is 4.21. The number of aromatic amines is 1. The van der Waals surface area contributed by atoms with Crippen LogP contribution in [0.4, 0.5) is 0 Å². The molecule has 0 spiro atoms. The van der Waals surface area contributed by atoms with Crippen molar-refractivity contribution in [1.82, 2.24) is 4.98 Å². The summed E-state index contributed by atoms with van der Waals surface area (Å²) in [5, 5.41) is 18.1. The van der Waals surface area contributed by atoms with E-state index in [9.17, 15) is 9.90 Å². The van der Waals surface area contributed by atoms with Crippen molar-refractivity contribution in [2.75, 3.05) is 0 Å². The lowest BCUT2D eigenvalue weighted by atomic mass is 10.1. The second kappa shape index (κ2) is 2.60. The fourth-order valence-electron chi connectivity index (χ4n) is 1.91. The zero-order valence-corrected chi connectivity index (χ0v) is 7.29. The lowest BCUT2D eigenvalue weighted by Crippen LogP contribution is -2.07. The average molecular weight is 181 g/mol. The molecule has 4 nitrogen and oxygen atoms in total. The summed E-state index contributed by atoms with van der Waals surface area (Å²) in [6.45, 7) is 1.77. The van der Waals surface area contributed by atoms with Gasteiger partial charge in [0.15, 0.2) is 0 Å². The SMILES string of the molecule is Cc1c(C(=O)O)[nH]c2c1C[C@@H](O)C2. The van der Waals surface area contributed by atoms with Gasteiger partial charge in [-0.1, -0.05) is 0 Å². The minimum Gasteiger partial charge on any atom is -0.477 e. The number of nitrogens with one attached hydrogen (secondary N) is 1. The minimum atomic E-state index is -0.929. The van der Waals surface area contributed by atoms with Crippen molar-refractivity contribution < 1.29 is 15.0 Å². The number of aliphatic hydroxyl groups excluding tert-OH is 1. The number of fused-ring (bicyclic) bond motifs is 1. The number of aromatic carboxylic acids is 1. The Kier molecular flexibility index (Phi) is 1.66. The van der Waals surface area contributed by atoms with Gasteiger partial charge in [0.1, 0.15) is 5.69 Å². The molecule has 2 rings (SSSR count). The number of carbonyl (C=O) groups is 1. The molecule has 0 unspecified atom stereocenters. The van der Waals surface area contributed by atoms with E-state index in [1.807, 2.05) is 0 Å². The zero-order chi connectivity index (χ0) is 9.59. The Hall–Kier alpha value is -1.29. The Morgan fingerprint density at radius 2 is 2.23 bits per heavy atom. The fourth-order valence-corrected chi connectivity index (χ4v) is 1.91. The largest absolute Gasteiger partial charge is 0.477 e. The maximum Gasteiger partial charge on any atom is 0.352 e. The molecule has 0 saturated heterocycles. The molecule has 3 N–H and O–H groups in total. The van der Waals surface area contributed by atoms with Crippen molar-refractivity contribution in [1.29, 1.82) is 0 Å². The number of carboxylic acids is 1. The van der Waals surface area contributed by atoms with Crippen molar-refractivity contribution >= 4 is 5.97 Å². The molecular weight excluding hydrogens is 170 g/mol. The number of hydrogen-bond acceptors (Lipinski definition) is 2. The smallest absolute Gasteiger partial charge is 0.352 e. The average Bonchev–Trinajstić information content (AvgIpc) is 2.51. The number of aliphatic hydroxyl groups is 1. The molecule has 70 valence electrons. The van der Waals surface area contributed by atoms with Crippen LogP contribution in [0.2, 0.25) is 0 Å². The van der Waals surface area contributed by atoms with E-state index >= 15 is 0 Å². The maximum atomic E-state index is 10.7. The topological polar surface area (TPSA) is 73.3 Å². The van der Waals surface area contributed by atoms with Crippen LogP contribution in [0.1, 0.15) is 27.3 Å². The first-order chi connectivity index (χ1) is 6.09. The summed E-state index contributed by atoms with van der Waals surface area (Å²) in [5.74, 6) is -0.929. The van der Waals surface area contributed by atoms with E-state index in [1.165, 1.54) is 0 Å². The molecule has 1 aromatic heterocycles. The molecule has 0 aromatic carbocycles. The van der Waals surface area contributed by atoms with Crippen LogP contribution >= 0.6 is 0 Å². The number of hydrogen-bond donors (Lipinski definition) is 3. The molecule has 1 aliphatic rings. The Morgan fingerprint density at radius 1 is 1.54 bits per heavy atom. The summed E-state index contributed by atoms with van der Waals surface area (Å²) in [6.07, 6.45) is 0.775. The molecule has 1 heterocycles. The van der Waals surface area contributed by atoms with Crippen molar-refractivity contribution in [2.45, 2.75) is 25.9 Å². The van der Waals surface area contributed by atoms with Crippen LogP contribution in [0.3, 0.4) is 0 Å². The van der Waals surface area contributed by atoms with Crippen LogP contribution in [0.25, 0.3) is 0 Å². The summed E-state index contributed by atoms with van der Waals surface area (Å²) in [6, 6.07) is 0. The first-order valence-electron chi connectivity index (χ1n) is 4.21. The highest BCUT2D eigenvalue weighted by molar-refractivity contribution is 5.88. The Morgan fingerprint density at radius 3 is 2.77 bits per heavy atom. The van der Waals surface area contributed by atoms with E-state index < -0.39 is 5.97 Å². The zero-order valence-electron chi connectivity index (χ0n) is 7.29. The Bertz CT molecular complexity index is 367. The number of aromatic nitrogens is 1. The van der Waals surface area contributed by atoms with E-state index in [0.717, 1.165) is 16.8 Å². The van der Waals surface area contributed by atoms with Gasteiger partial charge in [-0.2, -0.15) is 0 Å². The summed E-state index contributed by atoms with van der Waals surface area (Å²) < 4.78 is 0. The van der Waals surface area contributed by atoms with Crippen LogP contribution in [-0.2, 0) is 12.8 Å². The predicted octanol–water partition coefficient (Wildman–Crippen LogP) is 0.481. The highest BCUT2D eigenvalue weighted by Gasteiger charge is 2.26. The quantitative estimate of drug-likeness (QED) is 0.590. The van der Waals surface area contributed by atoms with Gasteiger partial charge in [-0.05, 0) is 18.1 Å². The molecule has 0 fully saturated rings. The molecule has 0 bridgehead atoms. The number of rotatable bonds is 1. The molecular formula is C9H11NO3. The molecule has 0 saturated carbocycles. The molecule has 0 amide bonds. The van der Waals surface area contributed by atoms with Gasteiger partial charge >= 0.3 is 5.97 Å². The van der Waals surface area contributed by atoms with Gasteiger partial charge < -0.3 is 15.2 Å². The van der Waals surface area contributed by atoms with Crippen molar-refractivity contribution in [2.24, 2.45) is 0 Å². The van der Waals surface area contributed by atoms with Gasteiger partial charge in [0.2, 0.25) is 0 Å². The van der Waals surface area contributed by atoms with E-state index in [-0.39, 0.29) is 11.8 Å². The monoisotopic (exact) mass is 181 g/mol. The van der Waals surface area contributed by atoms with Gasteiger partial charge in [0.05, 0.1) is 6.10 Å². The van der Waals surface area contributed by atoms with Crippen LogP contribution in [0.5, 0.6) is 0 Å². The summed E-state index contributed by atoms with van der Waals surface area (Å²) in [7, 11) is 0. The second-order valence-electron chi connectivity index (χ2n) is 3.45. The Labute approximate surface area is 75.2 Å². The number of H-pyrrole nitrogens is 1. The van der Waals surface area contributed by atoms with Gasteiger partial charge in [0, 0.05) is 18.5 Å². The maximum absolute atomic E-state index is 10.7. The van der Waals surface area contributed by atoms with Crippen LogP contribution in [0, 0.1) is 6.92 Å². The molecule has 1 aliphatic carbocycles. The third-order valence-electron chi connectivity index (χ3n) is 2.56. The standard InChI is InChI=1S/C9H11NO3/c1-4-6-2-5(11)3-7(6)10-8(4)9(12)13/h5,10-11H,2-3H2,1H3,(H,12,13)/t5-/m1/s1. The predicted molar refractivity (Wildman–Crippen MR) is 45.9 cm³/mol. The molecule has 0 radical (unpaired) electrons. The van der Waals surface area contributed by atoms with Crippen LogP contribution in [-0.4, -0.2) is 27.3 Å². The summed E-state index contributed by atoms with van der Waals surface area (Å²) >= 11 is 0. The third kappa shape index (κ3) is 1.14. The van der Waals surface area contributed by atoms with Crippen molar-refractivity contribution in [3.8, 4) is 0 Å². The first kappa shape index (κ1) is 8.31. The van der Waals surface area contributed by atoms with E-state index in [0.29, 0.717) is 12.8 Å². The highest BCUT2D eigenvalue weighted by Crippen LogP contribution is 2.27. The summed E-state index contributed by atoms with van der Waals surface area (Å²) in [4.78, 5) is 13.5. The Balaban J connectivity index is 2.47. The van der Waals surface area contributed by atoms with E-state index in [2.05, 4.69) is 4.98 Å². The van der Waals surface area contributed by atoms with Crippen molar-refractivity contribution in [3.05, 3.63) is 22.5 Å². The molecule has 1 atom stereocenters. The van der Waals surface area contributed by atoms with Crippen LogP contribution < -0.4 is 0 Å². The van der Waals surface area contributed by atoms with Gasteiger partial charge in [-0.15, -0.1) is 0 Å². The lowest BCUT2D eigenvalue weighted by molar-refractivity contribution is 0.0689. The number of carboxylic acid groups (broad SMARTS) is 1. The second-order valence-corrected chi connectivity index (χ2v) is 3.45. The van der Waals surface area contributed by atoms with E-state index in [1.54, 1.807) is 6.92 Å². The molecule has 13 heavy (non-hydrogen) atoms.